The van der Waals surface area contributed by atoms with Gasteiger partial charge in [0.2, 0.25) is 5.91 Å². The number of benzene rings is 1. The molecule has 27 heavy (non-hydrogen) atoms. The van der Waals surface area contributed by atoms with E-state index in [1.807, 2.05) is 47.1 Å². The zero-order valence-corrected chi connectivity index (χ0v) is 15.9. The van der Waals surface area contributed by atoms with Crippen LogP contribution in [0.2, 0.25) is 0 Å². The van der Waals surface area contributed by atoms with Gasteiger partial charge in [-0.3, -0.25) is 4.79 Å². The predicted octanol–water partition coefficient (Wildman–Crippen LogP) is 3.46. The molecule has 2 aliphatic heterocycles. The highest BCUT2D eigenvalue weighted by Gasteiger charge is 2.28. The molecule has 3 amide bonds. The van der Waals surface area contributed by atoms with Crippen molar-refractivity contribution in [3.63, 3.8) is 0 Å². The zero-order chi connectivity index (χ0) is 19.0. The van der Waals surface area contributed by atoms with Crippen LogP contribution in [0.5, 0.6) is 0 Å². The van der Waals surface area contributed by atoms with Crippen molar-refractivity contribution in [2.24, 2.45) is 0 Å². The van der Waals surface area contributed by atoms with E-state index in [0.717, 1.165) is 30.8 Å². The number of urea groups is 1. The second kappa shape index (κ2) is 7.10. The highest BCUT2D eigenvalue weighted by Crippen LogP contribution is 2.27. The normalized spacial score (nSPS) is 20.5. The third kappa shape index (κ3) is 3.31. The lowest BCUT2D eigenvalue weighted by atomic mass is 10.1. The molecule has 1 fully saturated rings. The molecule has 2 aromatic rings. The summed E-state index contributed by atoms with van der Waals surface area (Å²) in [6.07, 6.45) is 3.59. The van der Waals surface area contributed by atoms with Crippen molar-refractivity contribution in [2.45, 2.75) is 45.3 Å². The first-order valence-electron chi connectivity index (χ1n) is 9.67. The molecular weight excluding hydrogens is 340 g/mol. The summed E-state index contributed by atoms with van der Waals surface area (Å²) in [7, 11) is 0. The quantitative estimate of drug-likeness (QED) is 0.904. The molecule has 2 unspecified atom stereocenters. The van der Waals surface area contributed by atoms with Crippen molar-refractivity contribution in [3.05, 3.63) is 53.9 Å². The molecule has 1 saturated heterocycles. The largest absolute Gasteiger partial charge is 0.348 e. The number of aromatic nitrogens is 1. The van der Waals surface area contributed by atoms with Crippen LogP contribution in [0.25, 0.3) is 0 Å². The smallest absolute Gasteiger partial charge is 0.318 e. The molecule has 3 heterocycles. The molecule has 142 valence electrons. The van der Waals surface area contributed by atoms with Gasteiger partial charge in [-0.2, -0.15) is 0 Å². The fourth-order valence-corrected chi connectivity index (χ4v) is 4.09. The van der Waals surface area contributed by atoms with E-state index in [4.69, 9.17) is 0 Å². The maximum atomic E-state index is 12.9. The molecule has 0 radical (unpaired) electrons. The SMILES string of the molecule is CC(NC(=O)N1CCn2cccc2C1C)c1cccc(N2CCCC2=O)c1. The van der Waals surface area contributed by atoms with Crippen LogP contribution in [-0.2, 0) is 11.3 Å². The standard InChI is InChI=1S/C21H26N4O2/c1-15(17-6-3-7-18(14-17)25-11-5-9-20(25)26)22-21(27)24-13-12-23-10-4-8-19(23)16(24)2/h3-4,6-8,10,14-16H,5,9,11-13H2,1-2H3,(H,22,27). The van der Waals surface area contributed by atoms with E-state index >= 15 is 0 Å². The molecule has 0 bridgehead atoms. The Labute approximate surface area is 159 Å². The average Bonchev–Trinajstić information content (AvgIpc) is 3.31. The van der Waals surface area contributed by atoms with Gasteiger partial charge in [-0.25, -0.2) is 4.79 Å². The lowest BCUT2D eigenvalue weighted by Crippen LogP contribution is -2.46. The molecule has 2 atom stereocenters. The molecule has 2 aliphatic rings. The number of hydrogen-bond donors (Lipinski definition) is 1. The van der Waals surface area contributed by atoms with Gasteiger partial charge in [-0.1, -0.05) is 12.1 Å². The molecule has 1 aromatic carbocycles. The van der Waals surface area contributed by atoms with Crippen LogP contribution in [-0.4, -0.2) is 34.5 Å². The number of hydrogen-bond acceptors (Lipinski definition) is 2. The molecule has 0 saturated carbocycles. The van der Waals surface area contributed by atoms with Gasteiger partial charge in [0.15, 0.2) is 0 Å². The van der Waals surface area contributed by atoms with E-state index in [1.54, 1.807) is 0 Å². The summed E-state index contributed by atoms with van der Waals surface area (Å²) in [4.78, 5) is 28.6. The fourth-order valence-electron chi connectivity index (χ4n) is 4.09. The third-order valence-corrected chi connectivity index (χ3v) is 5.70. The van der Waals surface area contributed by atoms with Crippen molar-refractivity contribution in [3.8, 4) is 0 Å². The van der Waals surface area contributed by atoms with Crippen molar-refractivity contribution in [1.82, 2.24) is 14.8 Å². The third-order valence-electron chi connectivity index (χ3n) is 5.70. The van der Waals surface area contributed by atoms with E-state index in [-0.39, 0.29) is 24.0 Å². The number of nitrogens with one attached hydrogen (secondary N) is 1. The first-order valence-corrected chi connectivity index (χ1v) is 9.67. The van der Waals surface area contributed by atoms with Gasteiger partial charge in [-0.05, 0) is 50.1 Å². The summed E-state index contributed by atoms with van der Waals surface area (Å²) >= 11 is 0. The number of carbonyl (C=O) groups is 2. The topological polar surface area (TPSA) is 57.6 Å². The Balaban J connectivity index is 1.45. The Kier molecular flexibility index (Phi) is 4.64. The number of fused-ring (bicyclic) bond motifs is 1. The maximum Gasteiger partial charge on any atom is 0.318 e. The molecule has 0 aliphatic carbocycles. The van der Waals surface area contributed by atoms with Gasteiger partial charge in [0.05, 0.1) is 12.1 Å². The molecule has 4 rings (SSSR count). The van der Waals surface area contributed by atoms with Crippen molar-refractivity contribution < 1.29 is 9.59 Å². The van der Waals surface area contributed by atoms with Crippen LogP contribution in [0.15, 0.2) is 42.6 Å². The fraction of sp³-hybridized carbons (Fsp3) is 0.429. The minimum absolute atomic E-state index is 0.0505. The molecule has 1 aromatic heterocycles. The minimum atomic E-state index is -0.129. The minimum Gasteiger partial charge on any atom is -0.348 e. The van der Waals surface area contributed by atoms with E-state index in [2.05, 4.69) is 29.1 Å². The summed E-state index contributed by atoms with van der Waals surface area (Å²) in [5, 5.41) is 3.12. The van der Waals surface area contributed by atoms with Gasteiger partial charge < -0.3 is 19.7 Å². The first-order chi connectivity index (χ1) is 13.0. The highest BCUT2D eigenvalue weighted by atomic mass is 16.2. The lowest BCUT2D eigenvalue weighted by molar-refractivity contribution is -0.117. The molecule has 1 N–H and O–H groups in total. The number of rotatable bonds is 3. The summed E-state index contributed by atoms with van der Waals surface area (Å²) in [6, 6.07) is 11.9. The number of anilines is 1. The van der Waals surface area contributed by atoms with E-state index in [9.17, 15) is 9.59 Å². The van der Waals surface area contributed by atoms with Gasteiger partial charge >= 0.3 is 6.03 Å². The summed E-state index contributed by atoms with van der Waals surface area (Å²) in [5.41, 5.74) is 3.09. The number of amides is 3. The van der Waals surface area contributed by atoms with Crippen LogP contribution in [0.4, 0.5) is 10.5 Å². The zero-order valence-electron chi connectivity index (χ0n) is 15.9. The maximum absolute atomic E-state index is 12.9. The molecule has 6 nitrogen and oxygen atoms in total. The lowest BCUT2D eigenvalue weighted by Gasteiger charge is -2.35. The Morgan fingerprint density at radius 2 is 2.04 bits per heavy atom. The van der Waals surface area contributed by atoms with Crippen molar-refractivity contribution >= 4 is 17.6 Å². The first kappa shape index (κ1) is 17.6. The Bertz CT molecular complexity index is 859. The van der Waals surface area contributed by atoms with Crippen LogP contribution in [0.3, 0.4) is 0 Å². The van der Waals surface area contributed by atoms with Crippen LogP contribution in [0, 0.1) is 0 Å². The second-order valence-corrected chi connectivity index (χ2v) is 7.41. The van der Waals surface area contributed by atoms with E-state index < -0.39 is 0 Å². The van der Waals surface area contributed by atoms with Crippen molar-refractivity contribution in [1.29, 1.82) is 0 Å². The van der Waals surface area contributed by atoms with Gasteiger partial charge in [0, 0.05) is 43.6 Å². The van der Waals surface area contributed by atoms with Crippen LogP contribution >= 0.6 is 0 Å². The highest BCUT2D eigenvalue weighted by molar-refractivity contribution is 5.95. The Hall–Kier alpha value is -2.76. The molecule has 6 heteroatoms. The summed E-state index contributed by atoms with van der Waals surface area (Å²) < 4.78 is 2.20. The van der Waals surface area contributed by atoms with Gasteiger partial charge in [0.1, 0.15) is 0 Å². The van der Waals surface area contributed by atoms with Gasteiger partial charge in [-0.15, -0.1) is 0 Å². The second-order valence-electron chi connectivity index (χ2n) is 7.41. The monoisotopic (exact) mass is 366 g/mol. The average molecular weight is 366 g/mol. The molecule has 0 spiro atoms. The number of carbonyl (C=O) groups excluding carboxylic acids is 2. The summed E-state index contributed by atoms with van der Waals surface area (Å²) in [6.45, 7) is 6.34. The molecular formula is C21H26N4O2. The Morgan fingerprint density at radius 3 is 2.81 bits per heavy atom. The van der Waals surface area contributed by atoms with Crippen LogP contribution < -0.4 is 10.2 Å². The van der Waals surface area contributed by atoms with Gasteiger partial charge in [0.25, 0.3) is 0 Å². The van der Waals surface area contributed by atoms with Crippen molar-refractivity contribution in [2.75, 3.05) is 18.0 Å². The number of nitrogens with zero attached hydrogens (tertiary/aromatic N) is 3. The van der Waals surface area contributed by atoms with Crippen LogP contribution in [0.1, 0.15) is 50.0 Å². The predicted molar refractivity (Wildman–Crippen MR) is 105 cm³/mol. The van der Waals surface area contributed by atoms with E-state index in [1.165, 1.54) is 5.69 Å². The van der Waals surface area contributed by atoms with E-state index in [0.29, 0.717) is 13.0 Å². The summed E-state index contributed by atoms with van der Waals surface area (Å²) in [5.74, 6) is 0.175. The Morgan fingerprint density at radius 1 is 1.19 bits per heavy atom.